The molecule has 0 aliphatic rings. The predicted molar refractivity (Wildman–Crippen MR) is 55.8 cm³/mol. The summed E-state index contributed by atoms with van der Waals surface area (Å²) in [4.78, 5) is 11.1. The van der Waals surface area contributed by atoms with E-state index in [1.807, 2.05) is 0 Å². The first-order valence-electron chi connectivity index (χ1n) is 4.18. The molecule has 3 nitrogen and oxygen atoms in total. The van der Waals surface area contributed by atoms with Gasteiger partial charge in [-0.15, -0.1) is 0 Å². The van der Waals surface area contributed by atoms with Gasteiger partial charge in [-0.25, -0.2) is 9.18 Å². The van der Waals surface area contributed by atoms with Crippen LogP contribution in [0.3, 0.4) is 0 Å². The number of carbonyl (C=O) groups excluding carboxylic acids is 1. The lowest BCUT2D eigenvalue weighted by Crippen LogP contribution is -2.14. The molecule has 1 aromatic carbocycles. The molecule has 0 radical (unpaired) electrons. The second-order valence-electron chi connectivity index (χ2n) is 3.05. The quantitative estimate of drug-likeness (QED) is 0.842. The van der Waals surface area contributed by atoms with Crippen LogP contribution in [0.5, 0.6) is 0 Å². The van der Waals surface area contributed by atoms with Crippen molar-refractivity contribution < 1.29 is 19.0 Å². The smallest absolute Gasteiger partial charge is 0.339 e. The maximum absolute atomic E-state index is 13.1. The Morgan fingerprint density at radius 2 is 2.20 bits per heavy atom. The maximum atomic E-state index is 13.1. The third-order valence-electron chi connectivity index (χ3n) is 2.03. The molecule has 0 heterocycles. The zero-order valence-corrected chi connectivity index (χ0v) is 9.84. The van der Waals surface area contributed by atoms with Gasteiger partial charge in [0.1, 0.15) is 5.82 Å². The van der Waals surface area contributed by atoms with Gasteiger partial charge in [-0.05, 0) is 46.1 Å². The second kappa shape index (κ2) is 4.72. The van der Waals surface area contributed by atoms with Crippen molar-refractivity contribution in [3.8, 4) is 0 Å². The Morgan fingerprint density at radius 3 is 2.73 bits per heavy atom. The number of ether oxygens (including phenoxy) is 1. The molecule has 0 saturated carbocycles. The number of carbonyl (C=O) groups is 1. The van der Waals surface area contributed by atoms with Crippen LogP contribution in [-0.2, 0) is 9.53 Å². The van der Waals surface area contributed by atoms with E-state index in [0.717, 1.165) is 0 Å². The minimum Gasteiger partial charge on any atom is -0.467 e. The molecule has 1 aromatic rings. The van der Waals surface area contributed by atoms with Gasteiger partial charge in [0.15, 0.2) is 6.10 Å². The van der Waals surface area contributed by atoms with Gasteiger partial charge in [0, 0.05) is 0 Å². The molecule has 0 aliphatic carbocycles. The first-order valence-corrected chi connectivity index (χ1v) is 4.98. The fraction of sp³-hybridized carbons (Fsp3) is 0.300. The summed E-state index contributed by atoms with van der Waals surface area (Å²) in [5.41, 5.74) is 0.823. The van der Waals surface area contributed by atoms with Crippen molar-refractivity contribution in [1.29, 1.82) is 0 Å². The van der Waals surface area contributed by atoms with Crippen LogP contribution in [0.2, 0.25) is 0 Å². The molecule has 1 rings (SSSR count). The largest absolute Gasteiger partial charge is 0.467 e. The summed E-state index contributed by atoms with van der Waals surface area (Å²) in [6.07, 6.45) is -1.38. The third kappa shape index (κ3) is 2.54. The molecule has 0 bridgehead atoms. The third-order valence-corrected chi connectivity index (χ3v) is 2.64. The van der Waals surface area contributed by atoms with E-state index >= 15 is 0 Å². The van der Waals surface area contributed by atoms with Crippen LogP contribution in [0.1, 0.15) is 17.2 Å². The number of benzene rings is 1. The van der Waals surface area contributed by atoms with Crippen LogP contribution in [0.25, 0.3) is 0 Å². The minimum absolute atomic E-state index is 0.200. The summed E-state index contributed by atoms with van der Waals surface area (Å²) in [5, 5.41) is 9.57. The number of hydrogen-bond acceptors (Lipinski definition) is 3. The van der Waals surface area contributed by atoms with Gasteiger partial charge in [-0.2, -0.15) is 0 Å². The van der Waals surface area contributed by atoms with E-state index in [0.29, 0.717) is 11.1 Å². The average Bonchev–Trinajstić information content (AvgIpc) is 2.21. The number of aliphatic hydroxyl groups excluding tert-OH is 1. The van der Waals surface area contributed by atoms with Gasteiger partial charge >= 0.3 is 5.97 Å². The highest BCUT2D eigenvalue weighted by Gasteiger charge is 2.21. The molecule has 1 atom stereocenters. The number of halogens is 2. The zero-order chi connectivity index (χ0) is 11.6. The summed E-state index contributed by atoms with van der Waals surface area (Å²) in [5.74, 6) is -1.20. The van der Waals surface area contributed by atoms with Gasteiger partial charge in [-0.1, -0.05) is 0 Å². The number of hydrogen-bond donors (Lipinski definition) is 1. The number of methoxy groups -OCH3 is 1. The van der Waals surface area contributed by atoms with E-state index < -0.39 is 17.9 Å². The van der Waals surface area contributed by atoms with Crippen molar-refractivity contribution in [2.24, 2.45) is 0 Å². The van der Waals surface area contributed by atoms with Crippen molar-refractivity contribution in [1.82, 2.24) is 0 Å². The first kappa shape index (κ1) is 12.1. The number of aliphatic hydroxyl groups is 1. The summed E-state index contributed by atoms with van der Waals surface area (Å²) < 4.78 is 17.7. The Bertz CT molecular complexity index is 392. The topological polar surface area (TPSA) is 46.5 Å². The zero-order valence-electron chi connectivity index (χ0n) is 8.25. The van der Waals surface area contributed by atoms with E-state index in [1.165, 1.54) is 19.2 Å². The Morgan fingerprint density at radius 1 is 1.60 bits per heavy atom. The van der Waals surface area contributed by atoms with E-state index in [1.54, 1.807) is 6.92 Å². The maximum Gasteiger partial charge on any atom is 0.339 e. The molecule has 0 aromatic heterocycles. The van der Waals surface area contributed by atoms with E-state index in [-0.39, 0.29) is 4.47 Å². The summed E-state index contributed by atoms with van der Waals surface area (Å²) in [6.45, 7) is 1.61. The number of rotatable bonds is 2. The monoisotopic (exact) mass is 276 g/mol. The highest BCUT2D eigenvalue weighted by Crippen LogP contribution is 2.25. The fourth-order valence-electron chi connectivity index (χ4n) is 1.19. The molecule has 82 valence electrons. The van der Waals surface area contributed by atoms with Crippen LogP contribution < -0.4 is 0 Å². The van der Waals surface area contributed by atoms with Crippen LogP contribution in [0, 0.1) is 12.7 Å². The van der Waals surface area contributed by atoms with Gasteiger partial charge in [0.25, 0.3) is 0 Å². The fourth-order valence-corrected chi connectivity index (χ4v) is 1.56. The van der Waals surface area contributed by atoms with Crippen molar-refractivity contribution in [3.63, 3.8) is 0 Å². The summed E-state index contributed by atoms with van der Waals surface area (Å²) in [7, 11) is 1.18. The standard InChI is InChI=1S/C10H10BrFO3/c1-5-3-8(12)7(11)4-6(5)9(13)10(14)15-2/h3-4,9,13H,1-2H3. The van der Waals surface area contributed by atoms with Crippen molar-refractivity contribution >= 4 is 21.9 Å². The van der Waals surface area contributed by atoms with Gasteiger partial charge in [0.05, 0.1) is 11.6 Å². The SMILES string of the molecule is COC(=O)C(O)c1cc(Br)c(F)cc1C. The molecule has 0 amide bonds. The Balaban J connectivity index is 3.14. The van der Waals surface area contributed by atoms with Crippen molar-refractivity contribution in [3.05, 3.63) is 33.5 Å². The van der Waals surface area contributed by atoms with Gasteiger partial charge < -0.3 is 9.84 Å². The van der Waals surface area contributed by atoms with Crippen molar-refractivity contribution in [2.45, 2.75) is 13.0 Å². The molecule has 0 saturated heterocycles. The van der Waals surface area contributed by atoms with Crippen LogP contribution in [0.4, 0.5) is 4.39 Å². The van der Waals surface area contributed by atoms with E-state index in [4.69, 9.17) is 0 Å². The minimum atomic E-state index is -1.38. The molecule has 0 spiro atoms. The van der Waals surface area contributed by atoms with Gasteiger partial charge in [-0.3, -0.25) is 0 Å². The number of esters is 1. The van der Waals surface area contributed by atoms with Crippen LogP contribution in [0.15, 0.2) is 16.6 Å². The molecule has 0 aliphatic heterocycles. The molecule has 0 fully saturated rings. The Hall–Kier alpha value is -0.940. The van der Waals surface area contributed by atoms with Crippen LogP contribution in [-0.4, -0.2) is 18.2 Å². The molecular formula is C10H10BrFO3. The normalized spacial score (nSPS) is 12.3. The lowest BCUT2D eigenvalue weighted by molar-refractivity contribution is -0.150. The predicted octanol–water partition coefficient (Wildman–Crippen LogP) is 2.10. The molecule has 5 heteroatoms. The molecular weight excluding hydrogens is 267 g/mol. The first-order chi connectivity index (χ1) is 6.97. The van der Waals surface area contributed by atoms with Gasteiger partial charge in [0.2, 0.25) is 0 Å². The Labute approximate surface area is 95.0 Å². The highest BCUT2D eigenvalue weighted by molar-refractivity contribution is 9.10. The molecule has 1 N–H and O–H groups in total. The number of aryl methyl sites for hydroxylation is 1. The lowest BCUT2D eigenvalue weighted by Gasteiger charge is -2.12. The van der Waals surface area contributed by atoms with E-state index in [2.05, 4.69) is 20.7 Å². The van der Waals surface area contributed by atoms with Crippen molar-refractivity contribution in [2.75, 3.05) is 7.11 Å². The Kier molecular flexibility index (Phi) is 3.82. The summed E-state index contributed by atoms with van der Waals surface area (Å²) in [6, 6.07) is 2.61. The lowest BCUT2D eigenvalue weighted by atomic mass is 10.0. The summed E-state index contributed by atoms with van der Waals surface area (Å²) >= 11 is 2.98. The highest BCUT2D eigenvalue weighted by atomic mass is 79.9. The molecule has 15 heavy (non-hydrogen) atoms. The van der Waals surface area contributed by atoms with E-state index in [9.17, 15) is 14.3 Å². The average molecular weight is 277 g/mol. The van der Waals surface area contributed by atoms with Crippen LogP contribution >= 0.6 is 15.9 Å². The second-order valence-corrected chi connectivity index (χ2v) is 3.90. The molecule has 1 unspecified atom stereocenters.